The zero-order chi connectivity index (χ0) is 8.91. The molecule has 0 aromatic rings. The van der Waals surface area contributed by atoms with E-state index < -0.39 is 0 Å². The molecule has 0 bridgehead atoms. The van der Waals surface area contributed by atoms with Gasteiger partial charge < -0.3 is 4.74 Å². The van der Waals surface area contributed by atoms with Gasteiger partial charge in [-0.05, 0) is 19.8 Å². The number of hydrogen-bond acceptors (Lipinski definition) is 2. The second-order valence-electron chi connectivity index (χ2n) is 2.97. The summed E-state index contributed by atoms with van der Waals surface area (Å²) < 4.78 is 5.33. The van der Waals surface area contributed by atoms with Crippen LogP contribution in [-0.2, 0) is 9.53 Å². The average molecular weight is 158 g/mol. The van der Waals surface area contributed by atoms with Gasteiger partial charge in [0.1, 0.15) is 5.78 Å². The van der Waals surface area contributed by atoms with Crippen molar-refractivity contribution in [3.05, 3.63) is 0 Å². The Morgan fingerprint density at radius 1 is 1.36 bits per heavy atom. The Morgan fingerprint density at radius 3 is 1.91 bits per heavy atom. The van der Waals surface area contributed by atoms with E-state index in [2.05, 4.69) is 13.8 Å². The molecule has 0 aromatic carbocycles. The third-order valence-electron chi connectivity index (χ3n) is 2.29. The lowest BCUT2D eigenvalue weighted by atomic mass is 9.91. The minimum atomic E-state index is -0.203. The number of ether oxygens (including phenoxy) is 1. The summed E-state index contributed by atoms with van der Waals surface area (Å²) >= 11 is 0. The summed E-state index contributed by atoms with van der Waals surface area (Å²) in [6.45, 7) is 5.71. The fraction of sp³-hybridized carbons (Fsp3) is 0.889. The van der Waals surface area contributed by atoms with Gasteiger partial charge in [-0.25, -0.2) is 0 Å². The summed E-state index contributed by atoms with van der Waals surface area (Å²) in [6.07, 6.45) is 2.34. The van der Waals surface area contributed by atoms with Gasteiger partial charge in [-0.2, -0.15) is 0 Å². The van der Waals surface area contributed by atoms with Crippen molar-refractivity contribution in [2.45, 2.75) is 45.6 Å². The lowest BCUT2D eigenvalue weighted by molar-refractivity contribution is -0.124. The zero-order valence-electron chi connectivity index (χ0n) is 7.94. The number of hydrogen-bond donors (Lipinski definition) is 0. The van der Waals surface area contributed by atoms with Crippen LogP contribution >= 0.6 is 0 Å². The third-order valence-corrected chi connectivity index (χ3v) is 2.29. The van der Waals surface area contributed by atoms with Gasteiger partial charge in [0.05, 0.1) is 5.60 Å². The highest BCUT2D eigenvalue weighted by Crippen LogP contribution is 2.23. The predicted molar refractivity (Wildman–Crippen MR) is 45.6 cm³/mol. The maximum Gasteiger partial charge on any atom is 0.132 e. The van der Waals surface area contributed by atoms with E-state index in [1.807, 2.05) is 0 Å². The Labute approximate surface area is 68.9 Å². The van der Waals surface area contributed by atoms with Crippen LogP contribution in [0.3, 0.4) is 0 Å². The molecule has 0 aromatic heterocycles. The van der Waals surface area contributed by atoms with Crippen molar-refractivity contribution in [1.29, 1.82) is 0 Å². The zero-order valence-corrected chi connectivity index (χ0v) is 7.94. The highest BCUT2D eigenvalue weighted by atomic mass is 16.5. The number of ketones is 1. The van der Waals surface area contributed by atoms with Gasteiger partial charge in [0.25, 0.3) is 0 Å². The SMILES string of the molecule is CCC(CC)(CC(C)=O)OC. The van der Waals surface area contributed by atoms with Crippen molar-refractivity contribution in [3.8, 4) is 0 Å². The predicted octanol–water partition coefficient (Wildman–Crippen LogP) is 2.17. The Hall–Kier alpha value is -0.370. The molecule has 0 aliphatic rings. The van der Waals surface area contributed by atoms with Gasteiger partial charge >= 0.3 is 0 Å². The summed E-state index contributed by atoms with van der Waals surface area (Å²) in [5.41, 5.74) is -0.203. The molecule has 0 atom stereocenters. The molecule has 66 valence electrons. The maximum absolute atomic E-state index is 10.9. The molecular formula is C9H18O2. The number of carbonyl (C=O) groups excluding carboxylic acids is 1. The van der Waals surface area contributed by atoms with E-state index in [0.717, 1.165) is 12.8 Å². The van der Waals surface area contributed by atoms with Crippen molar-refractivity contribution in [2.75, 3.05) is 7.11 Å². The number of carbonyl (C=O) groups is 1. The molecule has 2 heteroatoms. The normalized spacial score (nSPS) is 11.6. The van der Waals surface area contributed by atoms with Crippen molar-refractivity contribution < 1.29 is 9.53 Å². The lowest BCUT2D eigenvalue weighted by Gasteiger charge is -2.28. The first-order chi connectivity index (χ1) is 5.10. The first-order valence-corrected chi connectivity index (χ1v) is 4.14. The van der Waals surface area contributed by atoms with Gasteiger partial charge in [0.15, 0.2) is 0 Å². The van der Waals surface area contributed by atoms with Gasteiger partial charge in [0, 0.05) is 13.5 Å². The Bertz CT molecular complexity index is 117. The van der Waals surface area contributed by atoms with Crippen molar-refractivity contribution in [1.82, 2.24) is 0 Å². The number of rotatable bonds is 5. The molecule has 0 fully saturated rings. The van der Waals surface area contributed by atoms with Crippen LogP contribution in [0.2, 0.25) is 0 Å². The molecule has 0 spiro atoms. The molecule has 0 amide bonds. The summed E-state index contributed by atoms with van der Waals surface area (Å²) in [5.74, 6) is 0.204. The maximum atomic E-state index is 10.9. The van der Waals surface area contributed by atoms with Crippen LogP contribution in [0, 0.1) is 0 Å². The van der Waals surface area contributed by atoms with Crippen LogP contribution in [0.5, 0.6) is 0 Å². The molecule has 0 radical (unpaired) electrons. The quantitative estimate of drug-likeness (QED) is 0.613. The standard InChI is InChI=1S/C9H18O2/c1-5-9(6-2,11-4)7-8(3)10/h5-7H2,1-4H3. The average Bonchev–Trinajstić information content (AvgIpc) is 2.00. The van der Waals surface area contributed by atoms with E-state index in [-0.39, 0.29) is 11.4 Å². The van der Waals surface area contributed by atoms with E-state index in [1.54, 1.807) is 14.0 Å². The lowest BCUT2D eigenvalue weighted by Crippen LogP contribution is -2.31. The molecule has 0 unspecified atom stereocenters. The molecule has 0 rings (SSSR count). The molecule has 0 aliphatic carbocycles. The third kappa shape index (κ3) is 3.02. The molecule has 0 aliphatic heterocycles. The summed E-state index contributed by atoms with van der Waals surface area (Å²) in [5, 5.41) is 0. The fourth-order valence-corrected chi connectivity index (χ4v) is 1.31. The second-order valence-corrected chi connectivity index (χ2v) is 2.97. The Morgan fingerprint density at radius 2 is 1.82 bits per heavy atom. The van der Waals surface area contributed by atoms with E-state index in [0.29, 0.717) is 6.42 Å². The van der Waals surface area contributed by atoms with Crippen LogP contribution < -0.4 is 0 Å². The number of Topliss-reactive ketones (excluding diaryl/α,β-unsaturated/α-hetero) is 1. The Kier molecular flexibility index (Phi) is 4.34. The monoisotopic (exact) mass is 158 g/mol. The van der Waals surface area contributed by atoms with Crippen LogP contribution in [-0.4, -0.2) is 18.5 Å². The summed E-state index contributed by atoms with van der Waals surface area (Å²) in [7, 11) is 1.68. The van der Waals surface area contributed by atoms with Crippen LogP contribution in [0.25, 0.3) is 0 Å². The molecule has 2 nitrogen and oxygen atoms in total. The van der Waals surface area contributed by atoms with E-state index >= 15 is 0 Å². The number of methoxy groups -OCH3 is 1. The first kappa shape index (κ1) is 10.6. The Balaban J connectivity index is 4.16. The minimum absolute atomic E-state index is 0.203. The van der Waals surface area contributed by atoms with E-state index in [9.17, 15) is 4.79 Å². The second kappa shape index (κ2) is 4.50. The van der Waals surface area contributed by atoms with Gasteiger partial charge in [-0.1, -0.05) is 13.8 Å². The van der Waals surface area contributed by atoms with Crippen LogP contribution in [0.15, 0.2) is 0 Å². The van der Waals surface area contributed by atoms with Crippen molar-refractivity contribution >= 4 is 5.78 Å². The van der Waals surface area contributed by atoms with Crippen LogP contribution in [0.1, 0.15) is 40.0 Å². The molecular weight excluding hydrogens is 140 g/mol. The highest BCUT2D eigenvalue weighted by molar-refractivity contribution is 5.76. The highest BCUT2D eigenvalue weighted by Gasteiger charge is 2.26. The molecule has 0 saturated heterocycles. The molecule has 11 heavy (non-hydrogen) atoms. The topological polar surface area (TPSA) is 26.3 Å². The first-order valence-electron chi connectivity index (χ1n) is 4.14. The fourth-order valence-electron chi connectivity index (χ4n) is 1.31. The smallest absolute Gasteiger partial charge is 0.132 e. The molecule has 0 N–H and O–H groups in total. The van der Waals surface area contributed by atoms with Crippen LogP contribution in [0.4, 0.5) is 0 Å². The van der Waals surface area contributed by atoms with E-state index in [4.69, 9.17) is 4.74 Å². The molecule has 0 heterocycles. The van der Waals surface area contributed by atoms with Gasteiger partial charge in [0.2, 0.25) is 0 Å². The van der Waals surface area contributed by atoms with Gasteiger partial charge in [-0.3, -0.25) is 4.79 Å². The largest absolute Gasteiger partial charge is 0.378 e. The van der Waals surface area contributed by atoms with Gasteiger partial charge in [-0.15, -0.1) is 0 Å². The molecule has 0 saturated carbocycles. The minimum Gasteiger partial charge on any atom is -0.378 e. The van der Waals surface area contributed by atoms with Crippen molar-refractivity contribution in [3.63, 3.8) is 0 Å². The van der Waals surface area contributed by atoms with E-state index in [1.165, 1.54) is 0 Å². The summed E-state index contributed by atoms with van der Waals surface area (Å²) in [6, 6.07) is 0. The summed E-state index contributed by atoms with van der Waals surface area (Å²) in [4.78, 5) is 10.9. The van der Waals surface area contributed by atoms with Crippen molar-refractivity contribution in [2.24, 2.45) is 0 Å².